The van der Waals surface area contributed by atoms with E-state index in [4.69, 9.17) is 0 Å². The van der Waals surface area contributed by atoms with Crippen LogP contribution in [-0.2, 0) is 4.79 Å². The summed E-state index contributed by atoms with van der Waals surface area (Å²) in [6.45, 7) is 1.80. The van der Waals surface area contributed by atoms with Gasteiger partial charge in [0.2, 0.25) is 0 Å². The normalized spacial score (nSPS) is 20.9. The van der Waals surface area contributed by atoms with Crippen LogP contribution in [0.1, 0.15) is 17.7 Å². The molecule has 0 spiro atoms. The Labute approximate surface area is 148 Å². The average molecular weight is 388 g/mol. The van der Waals surface area contributed by atoms with Crippen LogP contribution in [0, 0.1) is 12.8 Å². The zero-order valence-corrected chi connectivity index (χ0v) is 14.2. The predicted molar refractivity (Wildman–Crippen MR) is 82.8 cm³/mol. The van der Waals surface area contributed by atoms with Crippen LogP contribution in [-0.4, -0.2) is 22.7 Å². The number of alkyl halides is 4. The predicted octanol–water partition coefficient (Wildman–Crippen LogP) is 3.64. The molecule has 10 heteroatoms. The number of rotatable bonds is 2. The molecule has 0 radical (unpaired) electrons. The number of thiazole rings is 1. The second kappa shape index (κ2) is 5.57. The number of carbonyl (C=O) groups is 1. The minimum Gasteiger partial charge on any atom is -0.421 e. The molecular weight excluding hydrogens is 376 g/mol. The molecule has 5 nitrogen and oxygen atoms in total. The Hall–Kier alpha value is -2.36. The summed E-state index contributed by atoms with van der Waals surface area (Å²) in [6, 6.07) is 3.65. The molecule has 26 heavy (non-hydrogen) atoms. The van der Waals surface area contributed by atoms with Gasteiger partial charge in [-0.2, -0.15) is 22.6 Å². The standard InChI is InChI=1S/C16H12F4N2O3S/c1-8-7-22(14(26-8)21-13(23)9-2-3-9)10-4-5-11-12(6-10)25-16(19,20)15(17,18)24-11/h4-7,9H,2-3H2,1H3. The number of fused-ring (bicyclic) bond motifs is 1. The summed E-state index contributed by atoms with van der Waals surface area (Å²) in [6.07, 6.45) is -6.27. The number of amides is 1. The Morgan fingerprint density at radius 3 is 2.50 bits per heavy atom. The summed E-state index contributed by atoms with van der Waals surface area (Å²) in [5, 5.41) is 0. The largest absolute Gasteiger partial charge is 0.507 e. The molecule has 0 atom stereocenters. The zero-order valence-electron chi connectivity index (χ0n) is 13.3. The van der Waals surface area contributed by atoms with Crippen LogP contribution in [0.3, 0.4) is 0 Å². The molecule has 0 unspecified atom stereocenters. The van der Waals surface area contributed by atoms with Gasteiger partial charge in [-0.15, -0.1) is 11.3 Å². The summed E-state index contributed by atoms with van der Waals surface area (Å²) in [7, 11) is 0. The lowest BCUT2D eigenvalue weighted by Crippen LogP contribution is -2.52. The maximum Gasteiger partial charge on any atom is 0.507 e. The Balaban J connectivity index is 1.76. The van der Waals surface area contributed by atoms with Crippen molar-refractivity contribution < 1.29 is 31.8 Å². The number of aromatic nitrogens is 1. The Kier molecular flexibility index (Phi) is 3.66. The van der Waals surface area contributed by atoms with E-state index in [0.717, 1.165) is 29.9 Å². The van der Waals surface area contributed by atoms with Gasteiger partial charge in [-0.25, -0.2) is 0 Å². The third-order valence-electron chi connectivity index (χ3n) is 3.92. The lowest BCUT2D eigenvalue weighted by atomic mass is 10.2. The lowest BCUT2D eigenvalue weighted by molar-refractivity contribution is -0.391. The van der Waals surface area contributed by atoms with Gasteiger partial charge in [0.25, 0.3) is 5.91 Å². The van der Waals surface area contributed by atoms with Crippen molar-refractivity contribution in [1.82, 2.24) is 4.57 Å². The number of ether oxygens (including phenoxy) is 2. The second-order valence-corrected chi connectivity index (χ2v) is 7.30. The van der Waals surface area contributed by atoms with Crippen LogP contribution in [0.5, 0.6) is 11.5 Å². The molecule has 0 saturated heterocycles. The molecule has 2 aromatic rings. The first kappa shape index (κ1) is 17.1. The fourth-order valence-corrected chi connectivity index (χ4v) is 3.28. The van der Waals surface area contributed by atoms with E-state index in [1.165, 1.54) is 22.0 Å². The number of halogens is 4. The molecule has 4 rings (SSSR count). The Bertz CT molecular complexity index is 963. The first-order valence-corrected chi connectivity index (χ1v) is 8.54. The van der Waals surface area contributed by atoms with E-state index in [-0.39, 0.29) is 11.8 Å². The average Bonchev–Trinajstić information content (AvgIpc) is 3.32. The van der Waals surface area contributed by atoms with E-state index < -0.39 is 23.7 Å². The first-order chi connectivity index (χ1) is 12.2. The molecule has 1 fully saturated rings. The van der Waals surface area contributed by atoms with Gasteiger partial charge in [-0.05, 0) is 31.9 Å². The van der Waals surface area contributed by atoms with Crippen molar-refractivity contribution in [2.75, 3.05) is 0 Å². The highest BCUT2D eigenvalue weighted by molar-refractivity contribution is 7.09. The minimum absolute atomic E-state index is 0.0629. The van der Waals surface area contributed by atoms with Crippen molar-refractivity contribution >= 4 is 17.2 Å². The third kappa shape index (κ3) is 2.87. The third-order valence-corrected chi connectivity index (χ3v) is 4.82. The van der Waals surface area contributed by atoms with Crippen LogP contribution in [0.4, 0.5) is 17.6 Å². The van der Waals surface area contributed by atoms with Gasteiger partial charge in [-0.3, -0.25) is 9.36 Å². The van der Waals surface area contributed by atoms with Gasteiger partial charge >= 0.3 is 12.2 Å². The summed E-state index contributed by atoms with van der Waals surface area (Å²) in [5.74, 6) is -1.31. The number of aryl methyl sites for hydroxylation is 1. The molecule has 1 saturated carbocycles. The monoisotopic (exact) mass is 388 g/mol. The van der Waals surface area contributed by atoms with Crippen LogP contribution >= 0.6 is 11.3 Å². The van der Waals surface area contributed by atoms with Crippen molar-refractivity contribution in [3.63, 3.8) is 0 Å². The number of benzene rings is 1. The topological polar surface area (TPSA) is 52.8 Å². The maximum absolute atomic E-state index is 13.4. The van der Waals surface area contributed by atoms with Gasteiger partial charge in [0.05, 0.1) is 5.69 Å². The van der Waals surface area contributed by atoms with Crippen LogP contribution < -0.4 is 14.3 Å². The van der Waals surface area contributed by atoms with E-state index in [2.05, 4.69) is 14.5 Å². The highest BCUT2D eigenvalue weighted by atomic mass is 32.1. The van der Waals surface area contributed by atoms with Gasteiger partial charge in [0.1, 0.15) is 0 Å². The molecule has 0 N–H and O–H groups in total. The van der Waals surface area contributed by atoms with Gasteiger partial charge in [0.15, 0.2) is 16.3 Å². The summed E-state index contributed by atoms with van der Waals surface area (Å²) in [5.41, 5.74) is 0.333. The molecule has 2 aliphatic rings. The smallest absolute Gasteiger partial charge is 0.421 e. The first-order valence-electron chi connectivity index (χ1n) is 7.72. The van der Waals surface area contributed by atoms with Crippen molar-refractivity contribution in [2.45, 2.75) is 32.0 Å². The van der Waals surface area contributed by atoms with E-state index in [9.17, 15) is 22.4 Å². The molecule has 1 aliphatic heterocycles. The molecular formula is C16H12F4N2O3S. The molecule has 1 aliphatic carbocycles. The highest BCUT2D eigenvalue weighted by Gasteiger charge is 2.65. The van der Waals surface area contributed by atoms with Crippen LogP contribution in [0.2, 0.25) is 0 Å². The van der Waals surface area contributed by atoms with E-state index in [0.29, 0.717) is 10.5 Å². The van der Waals surface area contributed by atoms with Crippen molar-refractivity contribution in [3.05, 3.63) is 34.1 Å². The molecule has 1 aromatic carbocycles. The highest BCUT2D eigenvalue weighted by Crippen LogP contribution is 2.47. The number of carbonyl (C=O) groups excluding carboxylic acids is 1. The fraction of sp³-hybridized carbons (Fsp3) is 0.375. The van der Waals surface area contributed by atoms with E-state index in [1.54, 1.807) is 13.1 Å². The lowest BCUT2D eigenvalue weighted by Gasteiger charge is -2.31. The van der Waals surface area contributed by atoms with Crippen molar-refractivity contribution in [3.8, 4) is 17.2 Å². The molecule has 2 heterocycles. The van der Waals surface area contributed by atoms with Gasteiger partial charge < -0.3 is 9.47 Å². The Morgan fingerprint density at radius 1 is 1.19 bits per heavy atom. The maximum atomic E-state index is 13.4. The molecule has 138 valence electrons. The van der Waals surface area contributed by atoms with Crippen LogP contribution in [0.25, 0.3) is 5.69 Å². The van der Waals surface area contributed by atoms with Crippen molar-refractivity contribution in [1.29, 1.82) is 0 Å². The Morgan fingerprint density at radius 2 is 1.85 bits per heavy atom. The fourth-order valence-electron chi connectivity index (χ4n) is 2.44. The van der Waals surface area contributed by atoms with E-state index in [1.807, 2.05) is 0 Å². The number of hydrogen-bond donors (Lipinski definition) is 0. The van der Waals surface area contributed by atoms with Gasteiger partial charge in [0, 0.05) is 23.1 Å². The quantitative estimate of drug-likeness (QED) is 0.738. The van der Waals surface area contributed by atoms with E-state index >= 15 is 0 Å². The molecule has 1 amide bonds. The zero-order chi connectivity index (χ0) is 18.7. The molecule has 1 aromatic heterocycles. The van der Waals surface area contributed by atoms with Crippen LogP contribution in [0.15, 0.2) is 29.4 Å². The second-order valence-electron chi connectivity index (χ2n) is 6.09. The van der Waals surface area contributed by atoms with Gasteiger partial charge in [-0.1, -0.05) is 0 Å². The summed E-state index contributed by atoms with van der Waals surface area (Å²) < 4.78 is 63.0. The minimum atomic E-state index is -4.79. The van der Waals surface area contributed by atoms with Crippen molar-refractivity contribution in [2.24, 2.45) is 10.9 Å². The molecule has 0 bridgehead atoms. The SMILES string of the molecule is Cc1cn(-c2ccc3c(c2)OC(F)(F)C(F)(F)O3)c(=NC(=O)C2CC2)s1. The summed E-state index contributed by atoms with van der Waals surface area (Å²) >= 11 is 1.25. The number of hydrogen-bond acceptors (Lipinski definition) is 4. The summed E-state index contributed by atoms with van der Waals surface area (Å²) in [4.78, 5) is 17.2. The number of nitrogens with zero attached hydrogens (tertiary/aromatic N) is 2.